The van der Waals surface area contributed by atoms with Gasteiger partial charge in [0.2, 0.25) is 0 Å². The number of rotatable bonds is 4. The smallest absolute Gasteiger partial charge is 0.288 e. The molecule has 3 rings (SSSR count). The Morgan fingerprint density at radius 3 is 2.73 bits per heavy atom. The first-order valence-corrected chi connectivity index (χ1v) is 8.27. The number of nitro groups is 1. The molecular weight excluding hydrogens is 388 g/mol. The molecule has 6 nitrogen and oxygen atoms in total. The van der Waals surface area contributed by atoms with E-state index in [9.17, 15) is 23.7 Å². The molecule has 26 heavy (non-hydrogen) atoms. The van der Waals surface area contributed by atoms with Crippen LogP contribution in [0.3, 0.4) is 0 Å². The highest BCUT2D eigenvalue weighted by Crippen LogP contribution is 2.29. The molecule has 0 spiro atoms. The van der Waals surface area contributed by atoms with Crippen LogP contribution in [0, 0.1) is 21.7 Å². The molecule has 0 aliphatic heterocycles. The average Bonchev–Trinajstić information content (AvgIpc) is 3.05. The summed E-state index contributed by atoms with van der Waals surface area (Å²) in [5.41, 5.74) is -0.274. The van der Waals surface area contributed by atoms with Gasteiger partial charge in [0.25, 0.3) is 11.6 Å². The van der Waals surface area contributed by atoms with Crippen molar-refractivity contribution in [2.45, 2.75) is 0 Å². The maximum absolute atomic E-state index is 13.8. The molecule has 1 amide bonds. The number of amides is 1. The van der Waals surface area contributed by atoms with E-state index in [0.29, 0.717) is 0 Å². The minimum atomic E-state index is -0.701. The van der Waals surface area contributed by atoms with Gasteiger partial charge in [0.15, 0.2) is 5.13 Å². The fourth-order valence-electron chi connectivity index (χ4n) is 2.11. The Bertz CT molecular complexity index is 1030. The lowest BCUT2D eigenvalue weighted by molar-refractivity contribution is -0.384. The molecule has 0 saturated heterocycles. The minimum absolute atomic E-state index is 0.00906. The van der Waals surface area contributed by atoms with Gasteiger partial charge in [-0.15, -0.1) is 11.3 Å². The zero-order valence-corrected chi connectivity index (χ0v) is 14.3. The lowest BCUT2D eigenvalue weighted by Gasteiger charge is -2.03. The summed E-state index contributed by atoms with van der Waals surface area (Å²) < 4.78 is 27.1. The number of aromatic nitrogens is 1. The minimum Gasteiger partial charge on any atom is -0.298 e. The summed E-state index contributed by atoms with van der Waals surface area (Å²) in [5.74, 6) is -1.92. The zero-order valence-electron chi connectivity index (χ0n) is 12.7. The summed E-state index contributed by atoms with van der Waals surface area (Å²) >= 11 is 6.71. The van der Waals surface area contributed by atoms with Crippen LogP contribution in [0.2, 0.25) is 5.02 Å². The molecule has 0 saturated carbocycles. The number of hydrogen-bond donors (Lipinski definition) is 1. The van der Waals surface area contributed by atoms with Crippen molar-refractivity contribution < 1.29 is 18.5 Å². The van der Waals surface area contributed by atoms with Gasteiger partial charge in [-0.1, -0.05) is 11.6 Å². The first-order chi connectivity index (χ1) is 12.3. The number of carbonyl (C=O) groups is 1. The van der Waals surface area contributed by atoms with Gasteiger partial charge in [-0.25, -0.2) is 13.8 Å². The summed E-state index contributed by atoms with van der Waals surface area (Å²) in [6.45, 7) is 0. The van der Waals surface area contributed by atoms with Crippen LogP contribution in [0.5, 0.6) is 0 Å². The predicted octanol–water partition coefficient (Wildman–Crippen LogP) is 4.90. The van der Waals surface area contributed by atoms with Crippen LogP contribution in [0.4, 0.5) is 19.6 Å². The van der Waals surface area contributed by atoms with E-state index in [1.165, 1.54) is 17.5 Å². The number of benzene rings is 2. The third-order valence-electron chi connectivity index (χ3n) is 3.33. The van der Waals surface area contributed by atoms with Crippen molar-refractivity contribution in [2.75, 3.05) is 5.32 Å². The normalized spacial score (nSPS) is 10.6. The molecule has 3 aromatic rings. The Hall–Kier alpha value is -2.91. The molecule has 2 aromatic carbocycles. The Labute approximate surface area is 154 Å². The summed E-state index contributed by atoms with van der Waals surface area (Å²) in [4.78, 5) is 26.5. The van der Waals surface area contributed by atoms with Crippen LogP contribution in [0.25, 0.3) is 11.3 Å². The van der Waals surface area contributed by atoms with Crippen LogP contribution in [-0.4, -0.2) is 15.8 Å². The maximum atomic E-state index is 13.8. The fraction of sp³-hybridized carbons (Fsp3) is 0. The van der Waals surface area contributed by atoms with Gasteiger partial charge in [0.05, 0.1) is 10.6 Å². The van der Waals surface area contributed by atoms with E-state index in [4.69, 9.17) is 11.6 Å². The molecule has 0 bridgehead atoms. The van der Waals surface area contributed by atoms with Gasteiger partial charge >= 0.3 is 0 Å². The number of nitrogens with zero attached hydrogens (tertiary/aromatic N) is 2. The van der Waals surface area contributed by atoms with Crippen molar-refractivity contribution in [1.82, 2.24) is 4.98 Å². The number of halogens is 3. The SMILES string of the molecule is O=C(Nc1nc(-c2cc(F)ccc2F)cs1)c1ccc(Cl)c([N+](=O)[O-])c1. The first kappa shape index (κ1) is 17.9. The highest BCUT2D eigenvalue weighted by Gasteiger charge is 2.18. The van der Waals surface area contributed by atoms with Crippen molar-refractivity contribution in [2.24, 2.45) is 0 Å². The Morgan fingerprint density at radius 2 is 2.00 bits per heavy atom. The molecule has 0 fully saturated rings. The molecule has 0 aliphatic rings. The van der Waals surface area contributed by atoms with Gasteiger partial charge in [0.1, 0.15) is 16.7 Å². The van der Waals surface area contributed by atoms with Crippen molar-refractivity contribution in [3.63, 3.8) is 0 Å². The Morgan fingerprint density at radius 1 is 1.23 bits per heavy atom. The topological polar surface area (TPSA) is 85.1 Å². The van der Waals surface area contributed by atoms with Gasteiger partial charge in [-0.2, -0.15) is 0 Å². The summed E-state index contributed by atoms with van der Waals surface area (Å²) in [6.07, 6.45) is 0. The summed E-state index contributed by atoms with van der Waals surface area (Å²) in [7, 11) is 0. The number of nitrogens with one attached hydrogen (secondary N) is 1. The number of anilines is 1. The summed E-state index contributed by atoms with van der Waals surface area (Å²) in [5, 5.41) is 14.8. The highest BCUT2D eigenvalue weighted by atomic mass is 35.5. The molecule has 1 heterocycles. The molecule has 0 unspecified atom stereocenters. The fourth-order valence-corrected chi connectivity index (χ4v) is 3.00. The van der Waals surface area contributed by atoms with E-state index in [2.05, 4.69) is 10.3 Å². The quantitative estimate of drug-likeness (QED) is 0.502. The zero-order chi connectivity index (χ0) is 18.8. The van der Waals surface area contributed by atoms with Crippen LogP contribution in [0.1, 0.15) is 10.4 Å². The number of hydrogen-bond acceptors (Lipinski definition) is 5. The largest absolute Gasteiger partial charge is 0.298 e. The number of thiazole rings is 1. The predicted molar refractivity (Wildman–Crippen MR) is 93.5 cm³/mol. The number of carbonyl (C=O) groups excluding carboxylic acids is 1. The van der Waals surface area contributed by atoms with Crippen molar-refractivity contribution in [3.05, 3.63) is 74.1 Å². The van der Waals surface area contributed by atoms with Crippen molar-refractivity contribution >= 4 is 39.7 Å². The standard InChI is InChI=1S/C16H8ClF2N3O3S/c17-11-3-1-8(5-14(11)22(24)25)15(23)21-16-20-13(7-26-16)10-6-9(18)2-4-12(10)19/h1-7H,(H,20,21,23). The third-order valence-corrected chi connectivity index (χ3v) is 4.41. The average molecular weight is 396 g/mol. The van der Waals surface area contributed by atoms with Gasteiger partial charge in [-0.05, 0) is 30.3 Å². The number of nitro benzene ring substituents is 1. The van der Waals surface area contributed by atoms with E-state index in [-0.39, 0.29) is 27.0 Å². The lowest BCUT2D eigenvalue weighted by Crippen LogP contribution is -2.12. The first-order valence-electron chi connectivity index (χ1n) is 7.01. The van der Waals surface area contributed by atoms with E-state index >= 15 is 0 Å². The van der Waals surface area contributed by atoms with Crippen LogP contribution in [-0.2, 0) is 0 Å². The maximum Gasteiger partial charge on any atom is 0.288 e. The molecule has 0 atom stereocenters. The molecule has 10 heteroatoms. The second-order valence-corrected chi connectivity index (χ2v) is 6.30. The van der Waals surface area contributed by atoms with Crippen LogP contribution < -0.4 is 5.32 Å². The van der Waals surface area contributed by atoms with E-state index < -0.39 is 28.2 Å². The van der Waals surface area contributed by atoms with E-state index in [1.807, 2.05) is 0 Å². The van der Waals surface area contributed by atoms with Gasteiger partial charge in [-0.3, -0.25) is 20.2 Å². The second-order valence-electron chi connectivity index (χ2n) is 5.04. The van der Waals surface area contributed by atoms with E-state index in [0.717, 1.165) is 35.6 Å². The van der Waals surface area contributed by atoms with Crippen molar-refractivity contribution in [1.29, 1.82) is 0 Å². The molecule has 132 valence electrons. The van der Waals surface area contributed by atoms with E-state index in [1.54, 1.807) is 0 Å². The molecule has 0 aliphatic carbocycles. The molecule has 1 N–H and O–H groups in total. The van der Waals surface area contributed by atoms with Crippen LogP contribution >= 0.6 is 22.9 Å². The third kappa shape index (κ3) is 3.68. The van der Waals surface area contributed by atoms with Gasteiger partial charge in [0, 0.05) is 22.6 Å². The molecule has 0 radical (unpaired) electrons. The van der Waals surface area contributed by atoms with Crippen LogP contribution in [0.15, 0.2) is 41.8 Å². The summed E-state index contributed by atoms with van der Waals surface area (Å²) in [6, 6.07) is 6.57. The van der Waals surface area contributed by atoms with Gasteiger partial charge < -0.3 is 0 Å². The lowest BCUT2D eigenvalue weighted by atomic mass is 10.1. The Kier molecular flexibility index (Phi) is 4.92. The second kappa shape index (κ2) is 7.14. The van der Waals surface area contributed by atoms with Crippen molar-refractivity contribution in [3.8, 4) is 11.3 Å². The highest BCUT2D eigenvalue weighted by molar-refractivity contribution is 7.14. The Balaban J connectivity index is 1.83. The molecular formula is C16H8ClF2N3O3S. The monoisotopic (exact) mass is 395 g/mol. The molecule has 1 aromatic heterocycles.